The van der Waals surface area contributed by atoms with Gasteiger partial charge in [-0.3, -0.25) is 4.79 Å². The lowest BCUT2D eigenvalue weighted by Gasteiger charge is -2.36. The van der Waals surface area contributed by atoms with E-state index in [4.69, 9.17) is 16.3 Å². The molecule has 5 nitrogen and oxygen atoms in total. The smallest absolute Gasteiger partial charge is 0.235 e. The van der Waals surface area contributed by atoms with Crippen molar-refractivity contribution >= 4 is 35.1 Å². The highest BCUT2D eigenvalue weighted by molar-refractivity contribution is 8.00. The Balaban J connectivity index is 1.53. The number of hydrogen-bond acceptors (Lipinski definition) is 5. The zero-order valence-electron chi connectivity index (χ0n) is 14.9. The van der Waals surface area contributed by atoms with Crippen LogP contribution in [0.5, 0.6) is 5.75 Å². The van der Waals surface area contributed by atoms with Crippen LogP contribution < -0.4 is 9.64 Å². The van der Waals surface area contributed by atoms with Crippen molar-refractivity contribution in [1.82, 2.24) is 9.88 Å². The largest absolute Gasteiger partial charge is 0.497 e. The number of aromatic nitrogens is 1. The maximum absolute atomic E-state index is 12.7. The van der Waals surface area contributed by atoms with Gasteiger partial charge in [0.15, 0.2) is 0 Å². The fourth-order valence-corrected chi connectivity index (χ4v) is 4.01. The van der Waals surface area contributed by atoms with Gasteiger partial charge in [0.2, 0.25) is 5.91 Å². The summed E-state index contributed by atoms with van der Waals surface area (Å²) in [5, 5.41) is 0.366. The molecule has 1 fully saturated rings. The van der Waals surface area contributed by atoms with E-state index in [1.165, 1.54) is 0 Å². The van der Waals surface area contributed by atoms with Crippen LogP contribution in [-0.2, 0) is 4.79 Å². The molecule has 0 aliphatic carbocycles. The Morgan fingerprint density at radius 1 is 1.15 bits per heavy atom. The maximum Gasteiger partial charge on any atom is 0.235 e. The molecule has 0 saturated carbocycles. The molecule has 0 spiro atoms. The van der Waals surface area contributed by atoms with Crippen LogP contribution in [-0.4, -0.2) is 54.3 Å². The number of hydrogen-bond donors (Lipinski definition) is 0. The number of ether oxygens (including phenoxy) is 1. The number of pyridine rings is 1. The number of carbonyl (C=O) groups excluding carboxylic acids is 1. The van der Waals surface area contributed by atoms with Gasteiger partial charge < -0.3 is 14.5 Å². The van der Waals surface area contributed by atoms with Crippen LogP contribution in [0.25, 0.3) is 0 Å². The van der Waals surface area contributed by atoms with Gasteiger partial charge in [-0.15, -0.1) is 11.8 Å². The number of carbonyl (C=O) groups is 1. The average molecular weight is 392 g/mol. The number of piperazine rings is 1. The molecule has 2 aromatic rings. The Labute approximate surface area is 163 Å². The first kappa shape index (κ1) is 18.9. The molecular weight excluding hydrogens is 370 g/mol. The molecule has 1 atom stereocenters. The van der Waals surface area contributed by atoms with Gasteiger partial charge in [0, 0.05) is 31.1 Å². The number of thioether (sulfide) groups is 1. The summed E-state index contributed by atoms with van der Waals surface area (Å²) in [6, 6.07) is 13.4. The summed E-state index contributed by atoms with van der Waals surface area (Å²) in [6.07, 6.45) is 0. The average Bonchev–Trinajstić information content (AvgIpc) is 2.68. The van der Waals surface area contributed by atoms with Gasteiger partial charge in [-0.25, -0.2) is 4.98 Å². The van der Waals surface area contributed by atoms with E-state index in [0.29, 0.717) is 18.2 Å². The number of anilines is 1. The fraction of sp³-hybridized carbons (Fsp3) is 0.368. The number of nitrogens with zero attached hydrogens (tertiary/aromatic N) is 3. The van der Waals surface area contributed by atoms with E-state index in [1.807, 2.05) is 48.2 Å². The van der Waals surface area contributed by atoms with E-state index in [0.717, 1.165) is 29.6 Å². The maximum atomic E-state index is 12.7. The molecule has 7 heteroatoms. The van der Waals surface area contributed by atoms with Crippen molar-refractivity contribution in [2.24, 2.45) is 0 Å². The van der Waals surface area contributed by atoms with Crippen LogP contribution in [0.3, 0.4) is 0 Å². The van der Waals surface area contributed by atoms with Crippen molar-refractivity contribution in [1.29, 1.82) is 0 Å². The zero-order chi connectivity index (χ0) is 18.5. The third-order valence-corrected chi connectivity index (χ3v) is 5.65. The Morgan fingerprint density at radius 3 is 2.46 bits per heavy atom. The lowest BCUT2D eigenvalue weighted by atomic mass is 10.2. The second-order valence-corrected chi connectivity index (χ2v) is 7.87. The number of halogens is 1. The van der Waals surface area contributed by atoms with Crippen LogP contribution in [0.2, 0.25) is 5.15 Å². The molecule has 3 rings (SSSR count). The Kier molecular flexibility index (Phi) is 6.27. The van der Waals surface area contributed by atoms with E-state index >= 15 is 0 Å². The van der Waals surface area contributed by atoms with Crippen LogP contribution in [0, 0.1) is 0 Å². The van der Waals surface area contributed by atoms with Gasteiger partial charge in [0.1, 0.15) is 16.7 Å². The first-order valence-electron chi connectivity index (χ1n) is 8.54. The van der Waals surface area contributed by atoms with Gasteiger partial charge in [0.25, 0.3) is 0 Å². The Bertz CT molecular complexity index is 749. The van der Waals surface area contributed by atoms with Crippen molar-refractivity contribution in [3.05, 3.63) is 47.6 Å². The quantitative estimate of drug-likeness (QED) is 0.576. The monoisotopic (exact) mass is 391 g/mol. The summed E-state index contributed by atoms with van der Waals surface area (Å²) < 4.78 is 5.17. The summed E-state index contributed by atoms with van der Waals surface area (Å²) in [4.78, 5) is 22.3. The Hall–Kier alpha value is -1.92. The minimum absolute atomic E-state index is 0.126. The summed E-state index contributed by atoms with van der Waals surface area (Å²) in [7, 11) is 1.65. The highest BCUT2D eigenvalue weighted by Gasteiger charge is 2.26. The predicted octanol–water partition coefficient (Wildman–Crippen LogP) is 3.57. The molecule has 138 valence electrons. The lowest BCUT2D eigenvalue weighted by Crippen LogP contribution is -2.50. The highest BCUT2D eigenvalue weighted by Crippen LogP contribution is 2.27. The highest BCUT2D eigenvalue weighted by atomic mass is 35.5. The first-order valence-corrected chi connectivity index (χ1v) is 9.79. The molecule has 1 aromatic heterocycles. The molecule has 0 radical (unpaired) electrons. The number of methoxy groups -OCH3 is 1. The number of amides is 1. The van der Waals surface area contributed by atoms with Gasteiger partial charge in [-0.05, 0) is 43.3 Å². The van der Waals surface area contributed by atoms with Crippen molar-refractivity contribution in [2.45, 2.75) is 17.1 Å². The van der Waals surface area contributed by atoms with E-state index in [9.17, 15) is 4.79 Å². The van der Waals surface area contributed by atoms with Crippen LogP contribution in [0.1, 0.15) is 6.92 Å². The van der Waals surface area contributed by atoms with E-state index < -0.39 is 0 Å². The van der Waals surface area contributed by atoms with Crippen molar-refractivity contribution in [3.63, 3.8) is 0 Å². The van der Waals surface area contributed by atoms with Crippen molar-refractivity contribution in [3.8, 4) is 5.75 Å². The van der Waals surface area contributed by atoms with E-state index in [-0.39, 0.29) is 11.2 Å². The molecule has 1 aromatic carbocycles. The van der Waals surface area contributed by atoms with E-state index in [2.05, 4.69) is 9.88 Å². The third kappa shape index (κ3) is 4.62. The summed E-state index contributed by atoms with van der Waals surface area (Å²) >= 11 is 7.54. The number of benzene rings is 1. The zero-order valence-corrected chi connectivity index (χ0v) is 16.5. The van der Waals surface area contributed by atoms with Crippen LogP contribution >= 0.6 is 23.4 Å². The molecule has 1 aliphatic heterocycles. The summed E-state index contributed by atoms with van der Waals surface area (Å²) in [5.41, 5.74) is 0. The molecule has 1 unspecified atom stereocenters. The topological polar surface area (TPSA) is 45.7 Å². The van der Waals surface area contributed by atoms with Gasteiger partial charge in [-0.1, -0.05) is 17.7 Å². The minimum atomic E-state index is -0.126. The third-order valence-electron chi connectivity index (χ3n) is 4.34. The Morgan fingerprint density at radius 2 is 1.85 bits per heavy atom. The molecule has 1 amide bonds. The summed E-state index contributed by atoms with van der Waals surface area (Å²) in [5.74, 6) is 1.86. The van der Waals surface area contributed by atoms with Gasteiger partial charge in [0.05, 0.1) is 12.4 Å². The molecule has 0 bridgehead atoms. The van der Waals surface area contributed by atoms with E-state index in [1.54, 1.807) is 24.9 Å². The normalized spacial score (nSPS) is 15.7. The van der Waals surface area contributed by atoms with Gasteiger partial charge in [-0.2, -0.15) is 0 Å². The van der Waals surface area contributed by atoms with Crippen LogP contribution in [0.4, 0.5) is 5.82 Å². The molecule has 1 aliphatic rings. The predicted molar refractivity (Wildman–Crippen MR) is 106 cm³/mol. The lowest BCUT2D eigenvalue weighted by molar-refractivity contribution is -0.130. The second-order valence-electron chi connectivity index (χ2n) is 6.07. The molecule has 0 N–H and O–H groups in total. The van der Waals surface area contributed by atoms with Crippen molar-refractivity contribution in [2.75, 3.05) is 38.2 Å². The molecular formula is C19H22ClN3O2S. The standard InChI is InChI=1S/C19H22ClN3O2S/c1-14(26-16-8-6-15(25-2)7-9-16)19(24)23-12-10-22(11-13-23)18-5-3-4-17(20)21-18/h3-9,14H,10-13H2,1-2H3. The number of rotatable bonds is 5. The summed E-state index contributed by atoms with van der Waals surface area (Å²) in [6.45, 7) is 4.88. The first-order chi connectivity index (χ1) is 12.6. The van der Waals surface area contributed by atoms with Crippen molar-refractivity contribution < 1.29 is 9.53 Å². The van der Waals surface area contributed by atoms with Crippen LogP contribution in [0.15, 0.2) is 47.4 Å². The molecule has 1 saturated heterocycles. The molecule has 26 heavy (non-hydrogen) atoms. The molecule has 2 heterocycles. The fourth-order valence-electron chi connectivity index (χ4n) is 2.90. The second kappa shape index (κ2) is 8.64. The van der Waals surface area contributed by atoms with Gasteiger partial charge >= 0.3 is 0 Å². The SMILES string of the molecule is COc1ccc(SC(C)C(=O)N2CCN(c3cccc(Cl)n3)CC2)cc1. The minimum Gasteiger partial charge on any atom is -0.497 e.